The zero-order valence-electron chi connectivity index (χ0n) is 11.1. The predicted molar refractivity (Wildman–Crippen MR) is 66.4 cm³/mol. The third kappa shape index (κ3) is 5.21. The summed E-state index contributed by atoms with van der Waals surface area (Å²) in [4.78, 5) is 7.28. The number of rotatable bonds is 8. The summed E-state index contributed by atoms with van der Waals surface area (Å²) in [6.45, 7) is -1.52. The Morgan fingerprint density at radius 1 is 1.19 bits per heavy atom. The molecular formula is C12H18F2N2O5. The molecule has 9 heteroatoms. The Kier molecular flexibility index (Phi) is 6.49. The standard InChI is InChI=1S/C12H18F2N2O5/c13-9(10(20)6-18)1-7-3-15-4-11(16-7)12(14,21)2-8(19)5-17/h3-4,8-10,17-21H,1-2,5-6H2. The highest BCUT2D eigenvalue weighted by Crippen LogP contribution is 2.26. The quantitative estimate of drug-likeness (QED) is 0.398. The molecule has 0 spiro atoms. The van der Waals surface area contributed by atoms with E-state index in [2.05, 4.69) is 9.97 Å². The highest BCUT2D eigenvalue weighted by molar-refractivity contribution is 5.10. The Morgan fingerprint density at radius 2 is 1.86 bits per heavy atom. The van der Waals surface area contributed by atoms with Crippen LogP contribution < -0.4 is 0 Å². The minimum Gasteiger partial charge on any atom is -0.394 e. The molecule has 0 aliphatic rings. The van der Waals surface area contributed by atoms with E-state index in [9.17, 15) is 13.9 Å². The van der Waals surface area contributed by atoms with Crippen LogP contribution in [0.1, 0.15) is 17.8 Å². The summed E-state index contributed by atoms with van der Waals surface area (Å²) in [5.74, 6) is -3.04. The van der Waals surface area contributed by atoms with Gasteiger partial charge in [0.25, 0.3) is 5.85 Å². The molecule has 7 nitrogen and oxygen atoms in total. The van der Waals surface area contributed by atoms with E-state index in [1.54, 1.807) is 0 Å². The molecular weight excluding hydrogens is 290 g/mol. The van der Waals surface area contributed by atoms with Crippen molar-refractivity contribution in [3.8, 4) is 0 Å². The summed E-state index contributed by atoms with van der Waals surface area (Å²) < 4.78 is 27.5. The van der Waals surface area contributed by atoms with Crippen LogP contribution in [-0.4, -0.2) is 67.1 Å². The molecule has 0 aliphatic heterocycles. The first-order chi connectivity index (χ1) is 9.80. The minimum atomic E-state index is -3.04. The fraction of sp³-hybridized carbons (Fsp3) is 0.667. The first-order valence-corrected chi connectivity index (χ1v) is 6.24. The number of nitrogens with zero attached hydrogens (tertiary/aromatic N) is 2. The van der Waals surface area contributed by atoms with Crippen molar-refractivity contribution in [1.82, 2.24) is 9.97 Å². The van der Waals surface area contributed by atoms with Crippen molar-refractivity contribution in [3.63, 3.8) is 0 Å². The number of aliphatic hydroxyl groups is 5. The monoisotopic (exact) mass is 308 g/mol. The lowest BCUT2D eigenvalue weighted by Crippen LogP contribution is -2.30. The number of aromatic nitrogens is 2. The maximum absolute atomic E-state index is 14.0. The van der Waals surface area contributed by atoms with Crippen LogP contribution in [0.5, 0.6) is 0 Å². The minimum absolute atomic E-state index is 0.0398. The zero-order chi connectivity index (χ0) is 16.0. The van der Waals surface area contributed by atoms with Crippen LogP contribution in [0.25, 0.3) is 0 Å². The van der Waals surface area contributed by atoms with Crippen LogP contribution in [0.4, 0.5) is 8.78 Å². The molecule has 0 aliphatic carbocycles. The van der Waals surface area contributed by atoms with Gasteiger partial charge in [0.2, 0.25) is 0 Å². The molecule has 0 radical (unpaired) electrons. The molecule has 21 heavy (non-hydrogen) atoms. The van der Waals surface area contributed by atoms with E-state index in [-0.39, 0.29) is 5.69 Å². The lowest BCUT2D eigenvalue weighted by atomic mass is 10.1. The number of hydrogen-bond acceptors (Lipinski definition) is 7. The van der Waals surface area contributed by atoms with Gasteiger partial charge in [-0.1, -0.05) is 0 Å². The number of halogens is 2. The smallest absolute Gasteiger partial charge is 0.254 e. The summed E-state index contributed by atoms with van der Waals surface area (Å²) in [7, 11) is 0. The molecule has 1 aromatic rings. The van der Waals surface area contributed by atoms with Gasteiger partial charge in [0.05, 0.1) is 31.2 Å². The van der Waals surface area contributed by atoms with Gasteiger partial charge in [-0.2, -0.15) is 0 Å². The summed E-state index contributed by atoms with van der Waals surface area (Å²) in [5, 5.41) is 45.1. The Labute approximate surface area is 119 Å². The molecule has 0 fully saturated rings. The first-order valence-electron chi connectivity index (χ1n) is 6.24. The maximum atomic E-state index is 14.0. The Morgan fingerprint density at radius 3 is 2.43 bits per heavy atom. The lowest BCUT2D eigenvalue weighted by Gasteiger charge is -2.21. The zero-order valence-corrected chi connectivity index (χ0v) is 11.1. The largest absolute Gasteiger partial charge is 0.394 e. The molecule has 1 aromatic heterocycles. The van der Waals surface area contributed by atoms with E-state index in [0.717, 1.165) is 12.4 Å². The second-order valence-electron chi connectivity index (χ2n) is 4.67. The van der Waals surface area contributed by atoms with Crippen LogP contribution in [0.3, 0.4) is 0 Å². The molecule has 0 saturated carbocycles. The summed E-state index contributed by atoms with van der Waals surface area (Å²) in [6.07, 6.45) is -4.13. The molecule has 0 saturated heterocycles. The van der Waals surface area contributed by atoms with Gasteiger partial charge < -0.3 is 25.5 Å². The van der Waals surface area contributed by atoms with Gasteiger partial charge in [0.15, 0.2) is 0 Å². The predicted octanol–water partition coefficient (Wildman–Crippen LogP) is -1.43. The number of alkyl halides is 2. The molecule has 1 heterocycles. The number of aliphatic hydroxyl groups excluding tert-OH is 4. The van der Waals surface area contributed by atoms with E-state index in [1.165, 1.54) is 0 Å². The third-order valence-corrected chi connectivity index (χ3v) is 2.80. The second-order valence-corrected chi connectivity index (χ2v) is 4.67. The SMILES string of the molecule is OCC(O)CC(O)(F)c1cncc(CC(F)C(O)CO)n1. The summed E-state index contributed by atoms with van der Waals surface area (Å²) >= 11 is 0. The highest BCUT2D eigenvalue weighted by atomic mass is 19.2. The van der Waals surface area contributed by atoms with Crippen molar-refractivity contribution in [1.29, 1.82) is 0 Å². The Balaban J connectivity index is 2.84. The van der Waals surface area contributed by atoms with Crippen molar-refractivity contribution in [2.24, 2.45) is 0 Å². The van der Waals surface area contributed by atoms with Crippen LogP contribution in [0.15, 0.2) is 12.4 Å². The van der Waals surface area contributed by atoms with Crippen molar-refractivity contribution in [2.75, 3.05) is 13.2 Å². The molecule has 120 valence electrons. The van der Waals surface area contributed by atoms with Gasteiger partial charge >= 0.3 is 0 Å². The molecule has 0 aromatic carbocycles. The van der Waals surface area contributed by atoms with Crippen LogP contribution in [0, 0.1) is 0 Å². The van der Waals surface area contributed by atoms with E-state index < -0.39 is 56.0 Å². The van der Waals surface area contributed by atoms with E-state index in [0.29, 0.717) is 0 Å². The van der Waals surface area contributed by atoms with Gasteiger partial charge in [0.1, 0.15) is 18.0 Å². The Bertz CT molecular complexity index is 449. The van der Waals surface area contributed by atoms with Crippen LogP contribution in [-0.2, 0) is 12.3 Å². The van der Waals surface area contributed by atoms with Gasteiger partial charge in [-0.05, 0) is 0 Å². The third-order valence-electron chi connectivity index (χ3n) is 2.80. The average molecular weight is 308 g/mol. The molecule has 1 rings (SSSR count). The molecule has 4 atom stereocenters. The number of hydrogen-bond donors (Lipinski definition) is 5. The van der Waals surface area contributed by atoms with E-state index in [1.807, 2.05) is 0 Å². The van der Waals surface area contributed by atoms with Gasteiger partial charge in [-0.25, -0.2) is 13.8 Å². The molecule has 4 unspecified atom stereocenters. The second kappa shape index (κ2) is 7.66. The van der Waals surface area contributed by atoms with Crippen molar-refractivity contribution in [3.05, 3.63) is 23.8 Å². The fourth-order valence-corrected chi connectivity index (χ4v) is 1.62. The van der Waals surface area contributed by atoms with Gasteiger partial charge in [-0.15, -0.1) is 0 Å². The fourth-order valence-electron chi connectivity index (χ4n) is 1.62. The lowest BCUT2D eigenvalue weighted by molar-refractivity contribution is -0.132. The average Bonchev–Trinajstić information content (AvgIpc) is 2.46. The van der Waals surface area contributed by atoms with Crippen LogP contribution >= 0.6 is 0 Å². The molecule has 5 N–H and O–H groups in total. The Hall–Kier alpha value is -1.26. The maximum Gasteiger partial charge on any atom is 0.254 e. The molecule has 0 amide bonds. The highest BCUT2D eigenvalue weighted by Gasteiger charge is 2.34. The molecule has 0 bridgehead atoms. The first kappa shape index (κ1) is 17.8. The topological polar surface area (TPSA) is 127 Å². The van der Waals surface area contributed by atoms with Crippen molar-refractivity contribution in [2.45, 2.75) is 37.1 Å². The van der Waals surface area contributed by atoms with Crippen LogP contribution in [0.2, 0.25) is 0 Å². The normalized spacial score (nSPS) is 18.8. The van der Waals surface area contributed by atoms with Crippen molar-refractivity contribution < 1.29 is 34.3 Å². The van der Waals surface area contributed by atoms with E-state index in [4.69, 9.17) is 20.4 Å². The van der Waals surface area contributed by atoms with Gasteiger partial charge in [-0.3, -0.25) is 4.98 Å². The summed E-state index contributed by atoms with van der Waals surface area (Å²) in [6, 6.07) is 0. The summed E-state index contributed by atoms with van der Waals surface area (Å²) in [5.41, 5.74) is -0.583. The van der Waals surface area contributed by atoms with E-state index >= 15 is 0 Å². The van der Waals surface area contributed by atoms with Gasteiger partial charge in [0, 0.05) is 19.0 Å². The van der Waals surface area contributed by atoms with Crippen molar-refractivity contribution >= 4 is 0 Å².